The van der Waals surface area contributed by atoms with Gasteiger partial charge >= 0.3 is 0 Å². The largest absolute Gasteiger partial charge is 0.348 e. The quantitative estimate of drug-likeness (QED) is 0.759. The molecule has 2 rings (SSSR count). The second-order valence-corrected chi connectivity index (χ2v) is 4.04. The van der Waals surface area contributed by atoms with Crippen LogP contribution in [0, 0.1) is 6.92 Å². The topological polar surface area (TPSA) is 37.6 Å². The summed E-state index contributed by atoms with van der Waals surface area (Å²) < 4.78 is 1.97. The second kappa shape index (κ2) is 3.96. The van der Waals surface area contributed by atoms with Crippen LogP contribution < -0.4 is 0 Å². The number of likely N-dealkylation sites (N-methyl/N-ethyl adjacent to an activating group) is 1. The summed E-state index contributed by atoms with van der Waals surface area (Å²) in [7, 11) is 3.53. The Hall–Kier alpha value is -1.84. The molecule has 2 aromatic rings. The lowest BCUT2D eigenvalue weighted by Crippen LogP contribution is -2.24. The standard InChI is InChI=1S/C12H15N3O/c1-9-10(8-12(16)14(2)3)15-7-5-4-6-11(15)13-9/h4-7H,8H2,1-3H3. The molecular formula is C12H15N3O. The van der Waals surface area contributed by atoms with E-state index in [2.05, 4.69) is 4.98 Å². The minimum atomic E-state index is 0.0914. The van der Waals surface area contributed by atoms with E-state index in [9.17, 15) is 4.79 Å². The monoisotopic (exact) mass is 217 g/mol. The van der Waals surface area contributed by atoms with E-state index in [1.807, 2.05) is 35.7 Å². The van der Waals surface area contributed by atoms with Gasteiger partial charge in [0.05, 0.1) is 17.8 Å². The number of carbonyl (C=O) groups excluding carboxylic acids is 1. The van der Waals surface area contributed by atoms with Crippen molar-refractivity contribution in [3.05, 3.63) is 35.8 Å². The summed E-state index contributed by atoms with van der Waals surface area (Å²) in [6, 6.07) is 5.83. The molecule has 2 aromatic heterocycles. The predicted molar refractivity (Wildman–Crippen MR) is 62.3 cm³/mol. The zero-order valence-corrected chi connectivity index (χ0v) is 9.77. The molecule has 0 unspecified atom stereocenters. The van der Waals surface area contributed by atoms with E-state index in [4.69, 9.17) is 0 Å². The van der Waals surface area contributed by atoms with Gasteiger partial charge in [-0.05, 0) is 19.1 Å². The van der Waals surface area contributed by atoms with Crippen LogP contribution in [0.15, 0.2) is 24.4 Å². The molecule has 0 N–H and O–H groups in total. The van der Waals surface area contributed by atoms with E-state index in [-0.39, 0.29) is 5.91 Å². The van der Waals surface area contributed by atoms with Gasteiger partial charge in [0.25, 0.3) is 0 Å². The molecule has 0 saturated heterocycles. The Morgan fingerprint density at radius 3 is 2.88 bits per heavy atom. The van der Waals surface area contributed by atoms with Crippen LogP contribution >= 0.6 is 0 Å². The number of amides is 1. The summed E-state index contributed by atoms with van der Waals surface area (Å²) >= 11 is 0. The highest BCUT2D eigenvalue weighted by Crippen LogP contribution is 2.12. The average molecular weight is 217 g/mol. The van der Waals surface area contributed by atoms with Gasteiger partial charge in [-0.25, -0.2) is 4.98 Å². The van der Waals surface area contributed by atoms with Crippen LogP contribution in [0.1, 0.15) is 11.4 Å². The van der Waals surface area contributed by atoms with Crippen LogP contribution in [-0.2, 0) is 11.2 Å². The molecule has 0 bridgehead atoms. The van der Waals surface area contributed by atoms with Gasteiger partial charge in [0.1, 0.15) is 5.65 Å². The highest BCUT2D eigenvalue weighted by atomic mass is 16.2. The van der Waals surface area contributed by atoms with Gasteiger partial charge in [-0.2, -0.15) is 0 Å². The molecule has 1 amide bonds. The van der Waals surface area contributed by atoms with E-state index in [0.717, 1.165) is 17.0 Å². The van der Waals surface area contributed by atoms with Gasteiger partial charge < -0.3 is 9.30 Å². The fourth-order valence-corrected chi connectivity index (χ4v) is 1.68. The first-order valence-corrected chi connectivity index (χ1v) is 5.22. The number of nitrogens with zero attached hydrogens (tertiary/aromatic N) is 3. The van der Waals surface area contributed by atoms with Gasteiger partial charge in [0.15, 0.2) is 0 Å². The summed E-state index contributed by atoms with van der Waals surface area (Å²) in [5.74, 6) is 0.0914. The van der Waals surface area contributed by atoms with Gasteiger partial charge in [-0.3, -0.25) is 4.79 Å². The molecule has 84 valence electrons. The van der Waals surface area contributed by atoms with Gasteiger partial charge in [-0.1, -0.05) is 6.07 Å². The Kier molecular flexibility index (Phi) is 2.64. The number of fused-ring (bicyclic) bond motifs is 1. The van der Waals surface area contributed by atoms with Crippen molar-refractivity contribution in [3.8, 4) is 0 Å². The van der Waals surface area contributed by atoms with Crippen molar-refractivity contribution in [3.63, 3.8) is 0 Å². The van der Waals surface area contributed by atoms with Gasteiger partial charge in [0.2, 0.25) is 5.91 Å². The SMILES string of the molecule is Cc1nc2ccccn2c1CC(=O)N(C)C. The molecule has 0 aliphatic carbocycles. The molecule has 0 aliphatic rings. The van der Waals surface area contributed by atoms with Crippen molar-refractivity contribution in [2.75, 3.05) is 14.1 Å². The number of hydrogen-bond acceptors (Lipinski definition) is 2. The Bertz CT molecular complexity index is 528. The molecule has 2 heterocycles. The molecule has 0 aliphatic heterocycles. The van der Waals surface area contributed by atoms with Crippen LogP contribution in [0.25, 0.3) is 5.65 Å². The first kappa shape index (κ1) is 10.7. The van der Waals surface area contributed by atoms with E-state index < -0.39 is 0 Å². The Morgan fingerprint density at radius 1 is 1.44 bits per heavy atom. The molecule has 0 fully saturated rings. The maximum Gasteiger partial charge on any atom is 0.228 e. The highest BCUT2D eigenvalue weighted by molar-refractivity contribution is 5.78. The molecule has 16 heavy (non-hydrogen) atoms. The van der Waals surface area contributed by atoms with Crippen LogP contribution in [-0.4, -0.2) is 34.3 Å². The number of pyridine rings is 1. The fourth-order valence-electron chi connectivity index (χ4n) is 1.68. The molecule has 0 spiro atoms. The molecule has 0 atom stereocenters. The molecule has 0 radical (unpaired) electrons. The third-order valence-corrected chi connectivity index (χ3v) is 2.65. The smallest absolute Gasteiger partial charge is 0.228 e. The van der Waals surface area contributed by atoms with E-state index in [0.29, 0.717) is 6.42 Å². The zero-order valence-electron chi connectivity index (χ0n) is 9.77. The molecule has 0 saturated carbocycles. The lowest BCUT2D eigenvalue weighted by molar-refractivity contribution is -0.128. The van der Waals surface area contributed by atoms with Crippen molar-refractivity contribution in [1.29, 1.82) is 0 Å². The summed E-state index contributed by atoms with van der Waals surface area (Å²) in [6.07, 6.45) is 2.33. The number of imidazole rings is 1. The van der Waals surface area contributed by atoms with E-state index in [1.54, 1.807) is 19.0 Å². The number of hydrogen-bond donors (Lipinski definition) is 0. The Labute approximate surface area is 94.5 Å². The minimum absolute atomic E-state index is 0.0914. The van der Waals surface area contributed by atoms with E-state index >= 15 is 0 Å². The predicted octanol–water partition coefficient (Wildman–Crippen LogP) is 1.27. The Morgan fingerprint density at radius 2 is 2.19 bits per heavy atom. The third kappa shape index (κ3) is 1.78. The first-order chi connectivity index (χ1) is 7.59. The van der Waals surface area contributed by atoms with Crippen molar-refractivity contribution in [1.82, 2.24) is 14.3 Å². The Balaban J connectivity index is 2.44. The maximum absolute atomic E-state index is 11.7. The summed E-state index contributed by atoms with van der Waals surface area (Å²) in [5, 5.41) is 0. The number of carbonyl (C=O) groups is 1. The number of aromatic nitrogens is 2. The zero-order chi connectivity index (χ0) is 11.7. The van der Waals surface area contributed by atoms with E-state index in [1.165, 1.54) is 0 Å². The van der Waals surface area contributed by atoms with Crippen LogP contribution in [0.3, 0.4) is 0 Å². The fraction of sp³-hybridized carbons (Fsp3) is 0.333. The third-order valence-electron chi connectivity index (χ3n) is 2.65. The van der Waals surface area contributed by atoms with Crippen LogP contribution in [0.2, 0.25) is 0 Å². The van der Waals surface area contributed by atoms with Crippen LogP contribution in [0.4, 0.5) is 0 Å². The van der Waals surface area contributed by atoms with Crippen molar-refractivity contribution < 1.29 is 4.79 Å². The molecule has 4 nitrogen and oxygen atoms in total. The molecule has 4 heteroatoms. The molecular weight excluding hydrogens is 202 g/mol. The lowest BCUT2D eigenvalue weighted by Gasteiger charge is -2.10. The normalized spacial score (nSPS) is 10.7. The van der Waals surface area contributed by atoms with Crippen LogP contribution in [0.5, 0.6) is 0 Å². The van der Waals surface area contributed by atoms with Crippen molar-refractivity contribution in [2.45, 2.75) is 13.3 Å². The van der Waals surface area contributed by atoms with Crippen molar-refractivity contribution in [2.24, 2.45) is 0 Å². The van der Waals surface area contributed by atoms with Gasteiger partial charge in [-0.15, -0.1) is 0 Å². The minimum Gasteiger partial charge on any atom is -0.348 e. The highest BCUT2D eigenvalue weighted by Gasteiger charge is 2.13. The summed E-state index contributed by atoms with van der Waals surface area (Å²) in [6.45, 7) is 1.94. The first-order valence-electron chi connectivity index (χ1n) is 5.22. The maximum atomic E-state index is 11.7. The lowest BCUT2D eigenvalue weighted by atomic mass is 10.2. The van der Waals surface area contributed by atoms with Gasteiger partial charge in [0, 0.05) is 20.3 Å². The summed E-state index contributed by atoms with van der Waals surface area (Å²) in [4.78, 5) is 17.7. The summed E-state index contributed by atoms with van der Waals surface area (Å²) in [5.41, 5.74) is 2.78. The molecule has 0 aromatic carbocycles. The average Bonchev–Trinajstić information content (AvgIpc) is 2.55. The number of rotatable bonds is 2. The second-order valence-electron chi connectivity index (χ2n) is 4.04. The number of aryl methyl sites for hydroxylation is 1. The van der Waals surface area contributed by atoms with Crippen molar-refractivity contribution >= 4 is 11.6 Å².